The Kier molecular flexibility index (Phi) is 8.34. The molecule has 80 valence electrons. The number of rotatable bonds is 7. The van der Waals surface area contributed by atoms with Crippen LogP contribution in [0.5, 0.6) is 0 Å². The molecule has 0 amide bonds. The summed E-state index contributed by atoms with van der Waals surface area (Å²) in [4.78, 5) is 11.0. The maximum absolute atomic E-state index is 11.0. The molecule has 0 heterocycles. The number of ether oxygens (including phenoxy) is 1. The highest BCUT2D eigenvalue weighted by Gasteiger charge is 1.99. The van der Waals surface area contributed by atoms with Crippen molar-refractivity contribution in [2.24, 2.45) is 0 Å². The first-order chi connectivity index (χ1) is 6.70. The highest BCUT2D eigenvalue weighted by atomic mass is 35.5. The minimum atomic E-state index is -0.397. The second-order valence-corrected chi connectivity index (χ2v) is 3.45. The number of allylic oxidation sites excluding steroid dienone is 1. The van der Waals surface area contributed by atoms with E-state index in [0.29, 0.717) is 5.03 Å². The van der Waals surface area contributed by atoms with Crippen molar-refractivity contribution in [3.8, 4) is 0 Å². The van der Waals surface area contributed by atoms with E-state index < -0.39 is 5.97 Å². The normalized spacial score (nSPS) is 11.1. The van der Waals surface area contributed by atoms with Gasteiger partial charge in [-0.2, -0.15) is 0 Å². The van der Waals surface area contributed by atoms with Crippen LogP contribution < -0.4 is 0 Å². The third-order valence-electron chi connectivity index (χ3n) is 1.64. The molecule has 0 aromatic heterocycles. The number of halogens is 1. The lowest BCUT2D eigenvalue weighted by Gasteiger charge is -1.99. The molecular formula is C11H17ClO2. The predicted molar refractivity (Wildman–Crippen MR) is 59.2 cm³/mol. The quantitative estimate of drug-likeness (QED) is 0.282. The van der Waals surface area contributed by atoms with Gasteiger partial charge in [0.1, 0.15) is 6.61 Å². The number of esters is 1. The molecule has 0 radical (unpaired) electrons. The van der Waals surface area contributed by atoms with E-state index in [0.717, 1.165) is 25.7 Å². The lowest BCUT2D eigenvalue weighted by atomic mass is 10.2. The summed E-state index contributed by atoms with van der Waals surface area (Å²) >= 11 is 5.82. The molecule has 2 nitrogen and oxygen atoms in total. The van der Waals surface area contributed by atoms with Crippen molar-refractivity contribution in [2.75, 3.05) is 6.61 Å². The number of unbranched alkanes of at least 4 members (excludes halogenated alkanes) is 2. The van der Waals surface area contributed by atoms with Gasteiger partial charge in [0.15, 0.2) is 0 Å². The van der Waals surface area contributed by atoms with E-state index in [2.05, 4.69) is 13.5 Å². The Hall–Kier alpha value is -0.760. The molecule has 0 spiro atoms. The molecule has 0 saturated carbocycles. The van der Waals surface area contributed by atoms with Gasteiger partial charge in [0.25, 0.3) is 0 Å². The molecule has 0 bridgehead atoms. The van der Waals surface area contributed by atoms with Crippen LogP contribution in [0.3, 0.4) is 0 Å². The Morgan fingerprint density at radius 1 is 1.50 bits per heavy atom. The van der Waals surface area contributed by atoms with E-state index in [4.69, 9.17) is 16.3 Å². The molecule has 0 aromatic rings. The minimum Gasteiger partial charge on any atom is -0.458 e. The van der Waals surface area contributed by atoms with Gasteiger partial charge in [-0.1, -0.05) is 44.0 Å². The molecule has 0 rings (SSSR count). The average Bonchev–Trinajstić information content (AvgIpc) is 2.15. The Bertz CT molecular complexity index is 209. The van der Waals surface area contributed by atoms with Crippen LogP contribution in [-0.2, 0) is 9.53 Å². The number of carbonyl (C=O) groups is 1. The molecule has 0 aliphatic carbocycles. The maximum Gasteiger partial charge on any atom is 0.332 e. The molecular weight excluding hydrogens is 200 g/mol. The van der Waals surface area contributed by atoms with Crippen LogP contribution in [-0.4, -0.2) is 12.6 Å². The summed E-state index contributed by atoms with van der Waals surface area (Å²) in [6.07, 6.45) is 6.90. The highest BCUT2D eigenvalue weighted by Crippen LogP contribution is 2.12. The van der Waals surface area contributed by atoms with Crippen molar-refractivity contribution >= 4 is 17.6 Å². The monoisotopic (exact) mass is 216 g/mol. The number of hydrogen-bond donors (Lipinski definition) is 0. The fraction of sp³-hybridized carbons (Fsp3) is 0.545. The molecule has 0 aliphatic rings. The van der Waals surface area contributed by atoms with Gasteiger partial charge in [0, 0.05) is 11.1 Å². The van der Waals surface area contributed by atoms with E-state index in [1.54, 1.807) is 0 Å². The summed E-state index contributed by atoms with van der Waals surface area (Å²) in [6, 6.07) is 0. The second kappa shape index (κ2) is 8.82. The van der Waals surface area contributed by atoms with Gasteiger partial charge >= 0.3 is 5.97 Å². The molecule has 0 N–H and O–H groups in total. The zero-order valence-electron chi connectivity index (χ0n) is 8.59. The van der Waals surface area contributed by atoms with E-state index in [1.165, 1.54) is 12.2 Å². The van der Waals surface area contributed by atoms with Gasteiger partial charge in [-0.25, -0.2) is 4.79 Å². The second-order valence-electron chi connectivity index (χ2n) is 2.97. The number of carbonyl (C=O) groups excluding carboxylic acids is 1. The fourth-order valence-electron chi connectivity index (χ4n) is 0.927. The maximum atomic E-state index is 11.0. The Morgan fingerprint density at radius 3 is 2.79 bits per heavy atom. The van der Waals surface area contributed by atoms with Crippen LogP contribution >= 0.6 is 11.6 Å². The molecule has 0 fully saturated rings. The van der Waals surface area contributed by atoms with E-state index in [-0.39, 0.29) is 6.61 Å². The topological polar surface area (TPSA) is 26.3 Å². The van der Waals surface area contributed by atoms with Gasteiger partial charge < -0.3 is 4.74 Å². The molecule has 0 aromatic carbocycles. The van der Waals surface area contributed by atoms with E-state index in [9.17, 15) is 4.79 Å². The summed E-state index contributed by atoms with van der Waals surface area (Å²) < 4.78 is 4.75. The molecule has 0 saturated heterocycles. The van der Waals surface area contributed by atoms with E-state index in [1.807, 2.05) is 0 Å². The third kappa shape index (κ3) is 7.87. The summed E-state index contributed by atoms with van der Waals surface area (Å²) in [5.74, 6) is -0.397. The highest BCUT2D eigenvalue weighted by molar-refractivity contribution is 6.30. The average molecular weight is 217 g/mol. The summed E-state index contributed by atoms with van der Waals surface area (Å²) in [5, 5.41) is 0.563. The van der Waals surface area contributed by atoms with Crippen LogP contribution in [0.2, 0.25) is 0 Å². The number of hydrogen-bond acceptors (Lipinski definition) is 2. The Balaban J connectivity index is 3.72. The Labute approximate surface area is 90.6 Å². The summed E-state index contributed by atoms with van der Waals surface area (Å²) in [6.45, 7) is 5.79. The van der Waals surface area contributed by atoms with Crippen LogP contribution in [0.15, 0.2) is 23.8 Å². The zero-order valence-corrected chi connectivity index (χ0v) is 9.35. The molecule has 0 aliphatic heterocycles. The first kappa shape index (κ1) is 13.2. The smallest absolute Gasteiger partial charge is 0.332 e. The molecule has 14 heavy (non-hydrogen) atoms. The van der Waals surface area contributed by atoms with Gasteiger partial charge in [-0.05, 0) is 12.8 Å². The lowest BCUT2D eigenvalue weighted by Crippen LogP contribution is -2.00. The SMILES string of the molecule is C=CCOC(=O)/C=C(/Cl)CCCCC. The van der Waals surface area contributed by atoms with Crippen molar-refractivity contribution in [3.63, 3.8) is 0 Å². The molecule has 0 unspecified atom stereocenters. The third-order valence-corrected chi connectivity index (χ3v) is 1.94. The van der Waals surface area contributed by atoms with Crippen LogP contribution in [0.4, 0.5) is 0 Å². The van der Waals surface area contributed by atoms with Gasteiger partial charge in [0.2, 0.25) is 0 Å². The lowest BCUT2D eigenvalue weighted by molar-refractivity contribution is -0.136. The van der Waals surface area contributed by atoms with Crippen molar-refractivity contribution in [3.05, 3.63) is 23.8 Å². The largest absolute Gasteiger partial charge is 0.458 e. The summed E-state index contributed by atoms with van der Waals surface area (Å²) in [5.41, 5.74) is 0. The standard InChI is InChI=1S/C11H17ClO2/c1-3-5-6-7-10(12)9-11(13)14-8-4-2/h4,9H,2-3,5-8H2,1H3/b10-9+. The van der Waals surface area contributed by atoms with Crippen LogP contribution in [0, 0.1) is 0 Å². The van der Waals surface area contributed by atoms with Crippen molar-refractivity contribution in [1.82, 2.24) is 0 Å². The molecule has 0 atom stereocenters. The van der Waals surface area contributed by atoms with Crippen molar-refractivity contribution in [2.45, 2.75) is 32.6 Å². The van der Waals surface area contributed by atoms with Crippen molar-refractivity contribution < 1.29 is 9.53 Å². The Morgan fingerprint density at radius 2 is 2.21 bits per heavy atom. The fourth-order valence-corrected chi connectivity index (χ4v) is 1.15. The van der Waals surface area contributed by atoms with Gasteiger partial charge in [-0.3, -0.25) is 0 Å². The van der Waals surface area contributed by atoms with Gasteiger partial charge in [-0.15, -0.1) is 0 Å². The predicted octanol–water partition coefficient (Wildman–Crippen LogP) is 3.42. The first-order valence-electron chi connectivity index (χ1n) is 4.84. The zero-order chi connectivity index (χ0) is 10.8. The van der Waals surface area contributed by atoms with Gasteiger partial charge in [0.05, 0.1) is 0 Å². The minimum absolute atomic E-state index is 0.231. The van der Waals surface area contributed by atoms with Crippen LogP contribution in [0.25, 0.3) is 0 Å². The van der Waals surface area contributed by atoms with Crippen molar-refractivity contribution in [1.29, 1.82) is 0 Å². The van der Waals surface area contributed by atoms with Crippen LogP contribution in [0.1, 0.15) is 32.6 Å². The first-order valence-corrected chi connectivity index (χ1v) is 5.22. The summed E-state index contributed by atoms with van der Waals surface area (Å²) in [7, 11) is 0. The van der Waals surface area contributed by atoms with E-state index >= 15 is 0 Å². The molecule has 3 heteroatoms.